The van der Waals surface area contributed by atoms with Gasteiger partial charge < -0.3 is 5.32 Å². The summed E-state index contributed by atoms with van der Waals surface area (Å²) in [6, 6.07) is 10.0. The van der Waals surface area contributed by atoms with Crippen LogP contribution in [0.1, 0.15) is 55.2 Å². The van der Waals surface area contributed by atoms with E-state index in [1.165, 1.54) is 38.6 Å². The molecule has 2 atom stereocenters. The van der Waals surface area contributed by atoms with Crippen molar-refractivity contribution in [1.82, 2.24) is 10.2 Å². The normalized spacial score (nSPS) is 28.3. The second kappa shape index (κ2) is 6.28. The molecular formula is C18H28N2. The molecule has 0 aromatic heterocycles. The number of benzene rings is 1. The number of nitrogens with one attached hydrogen (secondary N) is 1. The molecule has 0 amide bonds. The molecule has 0 bridgehead atoms. The molecule has 1 heterocycles. The zero-order valence-electron chi connectivity index (χ0n) is 12.9. The maximum Gasteiger partial charge on any atom is 0.0385 e. The molecule has 0 radical (unpaired) electrons. The summed E-state index contributed by atoms with van der Waals surface area (Å²) in [6.45, 7) is 2.36. The summed E-state index contributed by atoms with van der Waals surface area (Å²) < 4.78 is 0. The Hall–Kier alpha value is -0.860. The van der Waals surface area contributed by atoms with Crippen LogP contribution in [0.25, 0.3) is 0 Å². The molecule has 2 nitrogen and oxygen atoms in total. The van der Waals surface area contributed by atoms with Gasteiger partial charge in [-0.25, -0.2) is 0 Å². The summed E-state index contributed by atoms with van der Waals surface area (Å²) in [5.74, 6) is 1.59. The van der Waals surface area contributed by atoms with Crippen LogP contribution in [-0.2, 0) is 0 Å². The van der Waals surface area contributed by atoms with E-state index >= 15 is 0 Å². The number of likely N-dealkylation sites (tertiary alicyclic amines) is 1. The summed E-state index contributed by atoms with van der Waals surface area (Å²) in [5.41, 5.74) is 3.11. The molecule has 1 aromatic carbocycles. The number of hydrogen-bond donors (Lipinski definition) is 1. The molecule has 20 heavy (non-hydrogen) atoms. The summed E-state index contributed by atoms with van der Waals surface area (Å²) in [7, 11) is 4.39. The Balaban J connectivity index is 1.87. The Kier molecular flexibility index (Phi) is 4.42. The van der Waals surface area contributed by atoms with Gasteiger partial charge in [-0.15, -0.1) is 0 Å². The molecule has 1 aliphatic carbocycles. The molecule has 1 N–H and O–H groups in total. The van der Waals surface area contributed by atoms with E-state index in [0.29, 0.717) is 6.04 Å². The topological polar surface area (TPSA) is 15.3 Å². The van der Waals surface area contributed by atoms with E-state index in [2.05, 4.69) is 48.6 Å². The Morgan fingerprint density at radius 3 is 2.70 bits per heavy atom. The third-order valence-electron chi connectivity index (χ3n) is 5.02. The zero-order valence-corrected chi connectivity index (χ0v) is 12.9. The standard InChI is InChI=1S/C18H28N2/c1-19-13-17-6-3-4-11-20(2)18(17)16-8-5-7-15(12-16)14-9-10-14/h5,7-8,12,14,17-19H,3-4,6,9-11,13H2,1-2H3. The first-order valence-corrected chi connectivity index (χ1v) is 8.24. The smallest absolute Gasteiger partial charge is 0.0385 e. The summed E-state index contributed by atoms with van der Waals surface area (Å²) in [5, 5.41) is 3.41. The third-order valence-corrected chi connectivity index (χ3v) is 5.02. The third kappa shape index (κ3) is 3.07. The van der Waals surface area contributed by atoms with Crippen LogP contribution in [-0.4, -0.2) is 32.1 Å². The zero-order chi connectivity index (χ0) is 13.9. The Morgan fingerprint density at radius 2 is 1.95 bits per heavy atom. The fraction of sp³-hybridized carbons (Fsp3) is 0.667. The Bertz CT molecular complexity index is 439. The fourth-order valence-corrected chi connectivity index (χ4v) is 3.84. The van der Waals surface area contributed by atoms with Crippen LogP contribution in [0.3, 0.4) is 0 Å². The van der Waals surface area contributed by atoms with Gasteiger partial charge in [0.1, 0.15) is 0 Å². The van der Waals surface area contributed by atoms with Gasteiger partial charge in [0.2, 0.25) is 0 Å². The second-order valence-corrected chi connectivity index (χ2v) is 6.68. The van der Waals surface area contributed by atoms with Crippen molar-refractivity contribution in [3.8, 4) is 0 Å². The molecule has 2 fully saturated rings. The van der Waals surface area contributed by atoms with E-state index in [1.807, 2.05) is 0 Å². The van der Waals surface area contributed by atoms with Gasteiger partial charge in [0.15, 0.2) is 0 Å². The van der Waals surface area contributed by atoms with E-state index in [9.17, 15) is 0 Å². The lowest BCUT2D eigenvalue weighted by atomic mass is 9.88. The van der Waals surface area contributed by atoms with Crippen molar-refractivity contribution in [1.29, 1.82) is 0 Å². The van der Waals surface area contributed by atoms with Crippen LogP contribution < -0.4 is 5.32 Å². The van der Waals surface area contributed by atoms with E-state index in [-0.39, 0.29) is 0 Å². The van der Waals surface area contributed by atoms with Crippen LogP contribution in [0.4, 0.5) is 0 Å². The summed E-state index contributed by atoms with van der Waals surface area (Å²) in [4.78, 5) is 2.58. The van der Waals surface area contributed by atoms with Crippen LogP contribution in [0.15, 0.2) is 24.3 Å². The van der Waals surface area contributed by atoms with Crippen molar-refractivity contribution >= 4 is 0 Å². The van der Waals surface area contributed by atoms with Crippen molar-refractivity contribution in [3.63, 3.8) is 0 Å². The Labute approximate surface area is 123 Å². The lowest BCUT2D eigenvalue weighted by molar-refractivity contribution is 0.191. The SMILES string of the molecule is CNCC1CCCCN(C)C1c1cccc(C2CC2)c1. The van der Waals surface area contributed by atoms with Crippen molar-refractivity contribution in [3.05, 3.63) is 35.4 Å². The predicted octanol–water partition coefficient (Wildman–Crippen LogP) is 3.56. The van der Waals surface area contributed by atoms with Crippen molar-refractivity contribution in [2.45, 2.75) is 44.1 Å². The van der Waals surface area contributed by atoms with Gasteiger partial charge in [0.05, 0.1) is 0 Å². The van der Waals surface area contributed by atoms with Crippen LogP contribution in [0.2, 0.25) is 0 Å². The minimum absolute atomic E-state index is 0.587. The number of hydrogen-bond acceptors (Lipinski definition) is 2. The maximum atomic E-state index is 3.41. The van der Waals surface area contributed by atoms with Crippen molar-refractivity contribution < 1.29 is 0 Å². The molecule has 2 unspecified atom stereocenters. The van der Waals surface area contributed by atoms with Gasteiger partial charge in [-0.1, -0.05) is 30.7 Å². The molecule has 1 saturated heterocycles. The second-order valence-electron chi connectivity index (χ2n) is 6.68. The molecule has 2 heteroatoms. The lowest BCUT2D eigenvalue weighted by Gasteiger charge is -2.33. The molecule has 1 aliphatic heterocycles. The average Bonchev–Trinajstić information content (AvgIpc) is 3.28. The summed E-state index contributed by atoms with van der Waals surface area (Å²) in [6.07, 6.45) is 6.85. The molecule has 1 aromatic rings. The lowest BCUT2D eigenvalue weighted by Crippen LogP contribution is -2.34. The van der Waals surface area contributed by atoms with Crippen LogP contribution >= 0.6 is 0 Å². The highest BCUT2D eigenvalue weighted by molar-refractivity contribution is 5.31. The van der Waals surface area contributed by atoms with Gasteiger partial charge in [0.25, 0.3) is 0 Å². The van der Waals surface area contributed by atoms with E-state index < -0.39 is 0 Å². The molecule has 2 aliphatic rings. The maximum absolute atomic E-state index is 3.41. The minimum Gasteiger partial charge on any atom is -0.319 e. The van der Waals surface area contributed by atoms with Gasteiger partial charge in [-0.3, -0.25) is 4.90 Å². The quantitative estimate of drug-likeness (QED) is 0.901. The molecule has 1 saturated carbocycles. The Morgan fingerprint density at radius 1 is 1.15 bits per heavy atom. The highest BCUT2D eigenvalue weighted by atomic mass is 15.1. The highest BCUT2D eigenvalue weighted by Crippen LogP contribution is 2.42. The van der Waals surface area contributed by atoms with Gasteiger partial charge >= 0.3 is 0 Å². The molecule has 3 rings (SSSR count). The van der Waals surface area contributed by atoms with Crippen molar-refractivity contribution in [2.75, 3.05) is 27.2 Å². The van der Waals surface area contributed by atoms with Crippen LogP contribution in [0.5, 0.6) is 0 Å². The van der Waals surface area contributed by atoms with E-state index in [1.54, 1.807) is 11.1 Å². The minimum atomic E-state index is 0.587. The monoisotopic (exact) mass is 272 g/mol. The highest BCUT2D eigenvalue weighted by Gasteiger charge is 2.30. The first kappa shape index (κ1) is 14.1. The van der Waals surface area contributed by atoms with Gasteiger partial charge in [-0.05, 0) is 75.8 Å². The van der Waals surface area contributed by atoms with Crippen LogP contribution in [0, 0.1) is 5.92 Å². The first-order valence-electron chi connectivity index (χ1n) is 8.24. The fourth-order valence-electron chi connectivity index (χ4n) is 3.84. The largest absolute Gasteiger partial charge is 0.319 e. The summed E-state index contributed by atoms with van der Waals surface area (Å²) >= 11 is 0. The average molecular weight is 272 g/mol. The van der Waals surface area contributed by atoms with Crippen molar-refractivity contribution in [2.24, 2.45) is 5.92 Å². The molecule has 110 valence electrons. The van der Waals surface area contributed by atoms with Gasteiger partial charge in [-0.2, -0.15) is 0 Å². The van der Waals surface area contributed by atoms with Gasteiger partial charge in [0, 0.05) is 6.04 Å². The predicted molar refractivity (Wildman–Crippen MR) is 85.1 cm³/mol. The van der Waals surface area contributed by atoms with E-state index in [0.717, 1.165) is 18.4 Å². The van der Waals surface area contributed by atoms with E-state index in [4.69, 9.17) is 0 Å². The number of rotatable bonds is 4. The number of nitrogens with zero attached hydrogens (tertiary/aromatic N) is 1. The molecular weight excluding hydrogens is 244 g/mol. The first-order chi connectivity index (χ1) is 9.79. The molecule has 0 spiro atoms.